The standard InChI is InChI=1S/C19H16Br2N2O2/c1-19(2,3)15-9-11(6-8-22-15)18(24)25-17-14(21)10-13(20)12-5-4-7-23-16(12)17/h4-10H,1-3H3. The molecule has 1 aromatic carbocycles. The second kappa shape index (κ2) is 6.84. The largest absolute Gasteiger partial charge is 0.419 e. The fourth-order valence-electron chi connectivity index (χ4n) is 2.36. The van der Waals surface area contributed by atoms with Gasteiger partial charge in [-0.3, -0.25) is 9.97 Å². The Kier molecular flexibility index (Phi) is 4.93. The summed E-state index contributed by atoms with van der Waals surface area (Å²) >= 11 is 6.96. The fourth-order valence-corrected chi connectivity index (χ4v) is 3.72. The molecule has 2 aromatic heterocycles. The summed E-state index contributed by atoms with van der Waals surface area (Å²) in [5.74, 6) is -0.0409. The van der Waals surface area contributed by atoms with Gasteiger partial charge in [-0.1, -0.05) is 42.8 Å². The number of fused-ring (bicyclic) bond motifs is 1. The van der Waals surface area contributed by atoms with Crippen LogP contribution in [0.1, 0.15) is 36.8 Å². The van der Waals surface area contributed by atoms with Crippen molar-refractivity contribution in [3.05, 3.63) is 62.9 Å². The van der Waals surface area contributed by atoms with E-state index in [0.29, 0.717) is 21.3 Å². The number of nitrogens with zero attached hydrogens (tertiary/aromatic N) is 2. The van der Waals surface area contributed by atoms with E-state index in [0.717, 1.165) is 15.6 Å². The first-order valence-electron chi connectivity index (χ1n) is 7.69. The summed E-state index contributed by atoms with van der Waals surface area (Å²) in [5, 5.41) is 0.874. The van der Waals surface area contributed by atoms with E-state index in [2.05, 4.69) is 41.8 Å². The van der Waals surface area contributed by atoms with Crippen LogP contribution in [0.4, 0.5) is 0 Å². The topological polar surface area (TPSA) is 52.1 Å². The van der Waals surface area contributed by atoms with Gasteiger partial charge in [0.2, 0.25) is 0 Å². The van der Waals surface area contributed by atoms with Crippen molar-refractivity contribution in [3.8, 4) is 5.75 Å². The first-order chi connectivity index (χ1) is 11.8. The van der Waals surface area contributed by atoms with Crippen molar-refractivity contribution in [1.82, 2.24) is 9.97 Å². The van der Waals surface area contributed by atoms with Crippen LogP contribution >= 0.6 is 31.9 Å². The highest BCUT2D eigenvalue weighted by atomic mass is 79.9. The summed E-state index contributed by atoms with van der Waals surface area (Å²) < 4.78 is 7.20. The molecule has 6 heteroatoms. The highest BCUT2D eigenvalue weighted by Crippen LogP contribution is 2.37. The molecule has 0 saturated carbocycles. The zero-order valence-corrected chi connectivity index (χ0v) is 17.2. The van der Waals surface area contributed by atoms with Crippen molar-refractivity contribution in [2.75, 3.05) is 0 Å². The molecule has 0 fully saturated rings. The monoisotopic (exact) mass is 462 g/mol. The smallest absolute Gasteiger partial charge is 0.343 e. The van der Waals surface area contributed by atoms with Crippen molar-refractivity contribution >= 4 is 48.7 Å². The van der Waals surface area contributed by atoms with E-state index in [4.69, 9.17) is 4.74 Å². The van der Waals surface area contributed by atoms with Gasteiger partial charge in [-0.05, 0) is 40.2 Å². The summed E-state index contributed by atoms with van der Waals surface area (Å²) in [4.78, 5) is 21.4. The molecular weight excluding hydrogens is 448 g/mol. The number of pyridine rings is 2. The third kappa shape index (κ3) is 3.75. The second-order valence-electron chi connectivity index (χ2n) is 6.64. The molecule has 3 rings (SSSR count). The zero-order chi connectivity index (χ0) is 18.2. The first-order valence-corrected chi connectivity index (χ1v) is 9.27. The quantitative estimate of drug-likeness (QED) is 0.362. The zero-order valence-electron chi connectivity index (χ0n) is 14.0. The highest BCUT2D eigenvalue weighted by molar-refractivity contribution is 9.11. The Morgan fingerprint density at radius 1 is 1.04 bits per heavy atom. The molecular formula is C19H16Br2N2O2. The number of rotatable bonds is 2. The summed E-state index contributed by atoms with van der Waals surface area (Å²) in [6, 6.07) is 9.02. The average molecular weight is 464 g/mol. The number of halogens is 2. The maximum atomic E-state index is 12.7. The summed E-state index contributed by atoms with van der Waals surface area (Å²) in [6.07, 6.45) is 3.30. The van der Waals surface area contributed by atoms with Gasteiger partial charge in [0, 0.05) is 33.4 Å². The van der Waals surface area contributed by atoms with E-state index >= 15 is 0 Å². The number of benzene rings is 1. The van der Waals surface area contributed by atoms with Gasteiger partial charge in [0.1, 0.15) is 5.52 Å². The summed E-state index contributed by atoms with van der Waals surface area (Å²) in [5.41, 5.74) is 1.75. The molecule has 128 valence electrons. The number of hydrogen-bond donors (Lipinski definition) is 0. The fraction of sp³-hybridized carbons (Fsp3) is 0.211. The molecule has 0 unspecified atom stereocenters. The third-order valence-corrected chi connectivity index (χ3v) is 4.95. The minimum Gasteiger partial charge on any atom is -0.419 e. The van der Waals surface area contributed by atoms with Crippen LogP contribution in [-0.2, 0) is 5.41 Å². The van der Waals surface area contributed by atoms with Gasteiger partial charge in [0.25, 0.3) is 0 Å². The molecule has 0 aliphatic heterocycles. The van der Waals surface area contributed by atoms with Gasteiger partial charge in [-0.15, -0.1) is 0 Å². The minimum atomic E-state index is -0.442. The van der Waals surface area contributed by atoms with Gasteiger partial charge < -0.3 is 4.74 Å². The lowest BCUT2D eigenvalue weighted by atomic mass is 9.91. The molecule has 3 aromatic rings. The number of ether oxygens (including phenoxy) is 1. The van der Waals surface area contributed by atoms with Crippen LogP contribution < -0.4 is 4.74 Å². The number of esters is 1. The lowest BCUT2D eigenvalue weighted by Gasteiger charge is -2.18. The molecule has 0 radical (unpaired) electrons. The van der Waals surface area contributed by atoms with Crippen molar-refractivity contribution in [2.45, 2.75) is 26.2 Å². The Morgan fingerprint density at radius 2 is 1.80 bits per heavy atom. The second-order valence-corrected chi connectivity index (χ2v) is 8.35. The van der Waals surface area contributed by atoms with E-state index in [1.165, 1.54) is 0 Å². The van der Waals surface area contributed by atoms with Gasteiger partial charge in [0.15, 0.2) is 5.75 Å². The maximum absolute atomic E-state index is 12.7. The Morgan fingerprint density at radius 3 is 2.52 bits per heavy atom. The molecule has 4 nitrogen and oxygen atoms in total. The molecule has 0 amide bonds. The highest BCUT2D eigenvalue weighted by Gasteiger charge is 2.20. The lowest BCUT2D eigenvalue weighted by Crippen LogP contribution is -2.16. The molecule has 0 N–H and O–H groups in total. The Balaban J connectivity index is 2.01. The van der Waals surface area contributed by atoms with E-state index in [9.17, 15) is 4.79 Å². The van der Waals surface area contributed by atoms with Crippen molar-refractivity contribution in [1.29, 1.82) is 0 Å². The molecule has 0 atom stereocenters. The molecule has 25 heavy (non-hydrogen) atoms. The number of aromatic nitrogens is 2. The van der Waals surface area contributed by atoms with Crippen LogP contribution in [0, 0.1) is 0 Å². The SMILES string of the molecule is CC(C)(C)c1cc(C(=O)Oc2c(Br)cc(Br)c3cccnc23)ccn1. The van der Waals surface area contributed by atoms with Gasteiger partial charge in [-0.25, -0.2) is 4.79 Å². The van der Waals surface area contributed by atoms with Gasteiger partial charge in [-0.2, -0.15) is 0 Å². The predicted octanol–water partition coefficient (Wildman–Crippen LogP) is 5.67. The molecule has 0 spiro atoms. The predicted molar refractivity (Wildman–Crippen MR) is 105 cm³/mol. The average Bonchev–Trinajstić information content (AvgIpc) is 2.58. The first kappa shape index (κ1) is 18.0. The number of carbonyl (C=O) groups is 1. The van der Waals surface area contributed by atoms with E-state index in [1.54, 1.807) is 24.5 Å². The normalized spacial score (nSPS) is 11.6. The number of hydrogen-bond acceptors (Lipinski definition) is 4. The Bertz CT molecular complexity index is 965. The third-order valence-electron chi connectivity index (χ3n) is 3.71. The Hall–Kier alpha value is -1.79. The molecule has 0 aliphatic rings. The number of carbonyl (C=O) groups excluding carboxylic acids is 1. The van der Waals surface area contributed by atoms with Crippen molar-refractivity contribution in [2.24, 2.45) is 0 Å². The van der Waals surface area contributed by atoms with Crippen LogP contribution in [0.25, 0.3) is 10.9 Å². The summed E-state index contributed by atoms with van der Waals surface area (Å²) in [6.45, 7) is 6.15. The molecule has 2 heterocycles. The molecule has 0 saturated heterocycles. The molecule has 0 bridgehead atoms. The van der Waals surface area contributed by atoms with Crippen LogP contribution in [0.2, 0.25) is 0 Å². The van der Waals surface area contributed by atoms with E-state index < -0.39 is 5.97 Å². The van der Waals surface area contributed by atoms with E-state index in [1.807, 2.05) is 39.0 Å². The molecule has 0 aliphatic carbocycles. The Labute approximate surface area is 162 Å². The van der Waals surface area contributed by atoms with Gasteiger partial charge >= 0.3 is 5.97 Å². The van der Waals surface area contributed by atoms with Crippen LogP contribution in [0.3, 0.4) is 0 Å². The maximum Gasteiger partial charge on any atom is 0.343 e. The lowest BCUT2D eigenvalue weighted by molar-refractivity contribution is 0.0735. The van der Waals surface area contributed by atoms with Crippen molar-refractivity contribution in [3.63, 3.8) is 0 Å². The van der Waals surface area contributed by atoms with E-state index in [-0.39, 0.29) is 5.41 Å². The van der Waals surface area contributed by atoms with Crippen LogP contribution in [0.15, 0.2) is 51.7 Å². The van der Waals surface area contributed by atoms with Crippen LogP contribution in [0.5, 0.6) is 5.75 Å². The summed E-state index contributed by atoms with van der Waals surface area (Å²) in [7, 11) is 0. The van der Waals surface area contributed by atoms with Crippen LogP contribution in [-0.4, -0.2) is 15.9 Å². The minimum absolute atomic E-state index is 0.150. The van der Waals surface area contributed by atoms with Gasteiger partial charge in [0.05, 0.1) is 10.0 Å². The van der Waals surface area contributed by atoms with Crippen molar-refractivity contribution < 1.29 is 9.53 Å².